The highest BCUT2D eigenvalue weighted by Gasteiger charge is 2.60. The lowest BCUT2D eigenvalue weighted by atomic mass is 9.82. The molecule has 46 heavy (non-hydrogen) atoms. The highest BCUT2D eigenvalue weighted by Crippen LogP contribution is 2.50. The fourth-order valence-electron chi connectivity index (χ4n) is 4.31. The fraction of sp³-hybridized carbons (Fsp3) is 1.00. The molecule has 23 heteroatoms. The van der Waals surface area contributed by atoms with Crippen LogP contribution in [0.25, 0.3) is 0 Å². The minimum atomic E-state index is -6.08. The van der Waals surface area contributed by atoms with Crippen LogP contribution in [0.4, 0.5) is 74.6 Å². The van der Waals surface area contributed by atoms with Crippen molar-refractivity contribution in [1.82, 2.24) is 4.72 Å². The Bertz CT molecular complexity index is 1050. The number of rotatable bonds is 18. The summed E-state index contributed by atoms with van der Waals surface area (Å²) >= 11 is 0. The van der Waals surface area contributed by atoms with Crippen molar-refractivity contribution in [3.05, 3.63) is 5.21 Å². The van der Waals surface area contributed by atoms with Gasteiger partial charge in [0.1, 0.15) is 0 Å². The molecule has 0 aliphatic carbocycles. The van der Waals surface area contributed by atoms with Gasteiger partial charge in [0.05, 0.1) is 57.0 Å². The Balaban J connectivity index is 5.98. The van der Waals surface area contributed by atoms with Crippen LogP contribution in [0, 0.1) is 23.0 Å². The van der Waals surface area contributed by atoms with E-state index in [4.69, 9.17) is 0 Å². The third-order valence-electron chi connectivity index (χ3n) is 6.70. The zero-order valence-corrected chi connectivity index (χ0v) is 25.1. The number of hydrogen-bond acceptors (Lipinski definition) is 3. The first-order valence-corrected chi connectivity index (χ1v) is 14.8. The number of halogens is 17. The maximum atomic E-state index is 14.3. The number of quaternary nitrogens is 1. The quantitative estimate of drug-likeness (QED) is 0.0666. The second kappa shape index (κ2) is 15.0. The Morgan fingerprint density at radius 2 is 1.11 bits per heavy atom. The van der Waals surface area contributed by atoms with Gasteiger partial charge >= 0.3 is 24.7 Å². The molecule has 0 saturated carbocycles. The van der Waals surface area contributed by atoms with E-state index in [0.717, 1.165) is 0 Å². The van der Waals surface area contributed by atoms with Crippen LogP contribution >= 0.6 is 0 Å². The minimum Gasteiger partial charge on any atom is -0.633 e. The van der Waals surface area contributed by atoms with Crippen LogP contribution in [0.1, 0.15) is 51.9 Å². The highest BCUT2D eigenvalue weighted by molar-refractivity contribution is 7.89. The molecule has 0 aromatic rings. The van der Waals surface area contributed by atoms with Gasteiger partial charge in [-0.15, -0.1) is 0 Å². The molecule has 0 aliphatic rings. The molecule has 0 aliphatic heterocycles. The Hall–Kier alpha value is -1.36. The van der Waals surface area contributed by atoms with Crippen LogP contribution in [-0.4, -0.2) is 88.2 Å². The molecular formula is C23H33F17N2O3S. The van der Waals surface area contributed by atoms with E-state index in [1.54, 1.807) is 4.72 Å². The van der Waals surface area contributed by atoms with Crippen LogP contribution in [-0.2, 0) is 10.0 Å². The number of hydroxylamine groups is 3. The van der Waals surface area contributed by atoms with Gasteiger partial charge < -0.3 is 9.85 Å². The van der Waals surface area contributed by atoms with Crippen molar-refractivity contribution in [2.24, 2.45) is 17.8 Å². The number of nitrogens with zero attached hydrogens (tertiary/aromatic N) is 1. The van der Waals surface area contributed by atoms with Gasteiger partial charge in [-0.25, -0.2) is 35.1 Å². The topological polar surface area (TPSA) is 69.2 Å². The van der Waals surface area contributed by atoms with E-state index in [1.807, 2.05) is 0 Å². The normalized spacial score (nSPS) is 18.3. The highest BCUT2D eigenvalue weighted by atomic mass is 32.2. The fourth-order valence-corrected chi connectivity index (χ4v) is 5.51. The zero-order chi connectivity index (χ0) is 37.0. The van der Waals surface area contributed by atoms with Crippen molar-refractivity contribution in [3.63, 3.8) is 0 Å². The van der Waals surface area contributed by atoms with Crippen LogP contribution < -0.4 is 4.72 Å². The second-order valence-electron chi connectivity index (χ2n) is 11.8. The summed E-state index contributed by atoms with van der Waals surface area (Å²) in [4.78, 5) is 0. The summed E-state index contributed by atoms with van der Waals surface area (Å²) in [7, 11) is -2.26. The lowest BCUT2D eigenvalue weighted by molar-refractivity contribution is -0.840. The maximum Gasteiger partial charge on any atom is 0.422 e. The van der Waals surface area contributed by atoms with Gasteiger partial charge in [-0.1, -0.05) is 0 Å². The van der Waals surface area contributed by atoms with Gasteiger partial charge in [0.25, 0.3) is 11.8 Å². The first kappa shape index (κ1) is 44.6. The van der Waals surface area contributed by atoms with Gasteiger partial charge in [0.15, 0.2) is 0 Å². The largest absolute Gasteiger partial charge is 0.633 e. The molecule has 0 rings (SSSR count). The lowest BCUT2D eigenvalue weighted by Gasteiger charge is -2.34. The number of alkyl halides is 17. The summed E-state index contributed by atoms with van der Waals surface area (Å²) in [6.45, 7) is -1.09. The smallest absolute Gasteiger partial charge is 0.422 e. The van der Waals surface area contributed by atoms with Crippen molar-refractivity contribution in [2.75, 3.05) is 32.9 Å². The predicted molar refractivity (Wildman–Crippen MR) is 129 cm³/mol. The maximum absolute atomic E-state index is 14.3. The van der Waals surface area contributed by atoms with E-state index in [2.05, 4.69) is 0 Å². The molecule has 0 heterocycles. The number of hydrogen-bond donors (Lipinski definition) is 1. The molecule has 4 atom stereocenters. The Morgan fingerprint density at radius 1 is 0.674 bits per heavy atom. The van der Waals surface area contributed by atoms with Gasteiger partial charge in [-0.05, 0) is 26.2 Å². The minimum absolute atomic E-state index is 0.112. The molecule has 0 aromatic carbocycles. The number of sulfonamides is 1. The second-order valence-corrected chi connectivity index (χ2v) is 13.7. The summed E-state index contributed by atoms with van der Waals surface area (Å²) in [5.41, 5.74) is -4.81. The molecule has 5 nitrogen and oxygen atoms in total. The van der Waals surface area contributed by atoms with Gasteiger partial charge in [-0.3, -0.25) is 0 Å². The van der Waals surface area contributed by atoms with Crippen molar-refractivity contribution in [3.8, 4) is 0 Å². The molecule has 0 amide bonds. The molecule has 0 saturated heterocycles. The van der Waals surface area contributed by atoms with Crippen LogP contribution in [0.15, 0.2) is 0 Å². The third kappa shape index (κ3) is 17.2. The Labute approximate surface area is 253 Å². The lowest BCUT2D eigenvalue weighted by Crippen LogP contribution is -2.45. The molecule has 4 unspecified atom stereocenters. The standard InChI is InChI=1S/C23H33F17N2O3S/c1-17(24,23(38,39)40)12-19(27,28)13-18(25,26)11-16(22(35,36)37)10-15(21(32,33)34)9-14(20(29,30)31)5-8-46(44,45)41-6-4-7-42(2,3)43/h14-16,41H,4-13H2,1-3H3. The van der Waals surface area contributed by atoms with E-state index in [1.165, 1.54) is 14.1 Å². The van der Waals surface area contributed by atoms with Gasteiger partial charge in [0.2, 0.25) is 15.7 Å². The SMILES string of the molecule is CC(F)(CC(F)(F)CC(F)(F)CC(CC(CC(CCS(=O)(=O)NCCC[N+](C)(C)[O-])C(F)(F)F)C(F)(F)F)C(F)(F)F)C(F)(F)F. The van der Waals surface area contributed by atoms with E-state index in [9.17, 15) is 88.3 Å². The number of nitrogens with one attached hydrogen (secondary N) is 1. The Morgan fingerprint density at radius 3 is 1.50 bits per heavy atom. The summed E-state index contributed by atoms with van der Waals surface area (Å²) in [6.07, 6.45) is -39.4. The molecule has 0 radical (unpaired) electrons. The third-order valence-corrected chi connectivity index (χ3v) is 8.12. The van der Waals surface area contributed by atoms with E-state index in [-0.39, 0.29) is 13.0 Å². The van der Waals surface area contributed by atoms with Crippen LogP contribution in [0.2, 0.25) is 0 Å². The average Bonchev–Trinajstić information content (AvgIpc) is 2.72. The predicted octanol–water partition coefficient (Wildman–Crippen LogP) is 8.31. The summed E-state index contributed by atoms with van der Waals surface area (Å²) in [5.74, 6) is -23.1. The van der Waals surface area contributed by atoms with E-state index < -0.39 is 132 Å². The Kier molecular flexibility index (Phi) is 14.6. The van der Waals surface area contributed by atoms with Crippen LogP contribution in [0.3, 0.4) is 0 Å². The molecular weight excluding hydrogens is 707 g/mol. The van der Waals surface area contributed by atoms with Crippen LogP contribution in [0.5, 0.6) is 0 Å². The summed E-state index contributed by atoms with van der Waals surface area (Å²) in [6, 6.07) is 0. The van der Waals surface area contributed by atoms with E-state index >= 15 is 0 Å². The van der Waals surface area contributed by atoms with Gasteiger partial charge in [-0.2, -0.15) is 52.7 Å². The summed E-state index contributed by atoms with van der Waals surface area (Å²) < 4.78 is 255. The van der Waals surface area contributed by atoms with Crippen molar-refractivity contribution >= 4 is 10.0 Å². The molecule has 278 valence electrons. The van der Waals surface area contributed by atoms with Crippen molar-refractivity contribution < 1.29 is 87.7 Å². The van der Waals surface area contributed by atoms with Crippen molar-refractivity contribution in [2.45, 2.75) is 94.1 Å². The molecule has 1 N–H and O–H groups in total. The molecule has 0 aromatic heterocycles. The first-order valence-electron chi connectivity index (χ1n) is 13.1. The molecule has 0 spiro atoms. The summed E-state index contributed by atoms with van der Waals surface area (Å²) in [5, 5.41) is 11.4. The zero-order valence-electron chi connectivity index (χ0n) is 24.3. The molecule has 0 bridgehead atoms. The van der Waals surface area contributed by atoms with Gasteiger partial charge in [0, 0.05) is 19.4 Å². The molecule has 0 fully saturated rings. The average molecular weight is 741 g/mol. The monoisotopic (exact) mass is 740 g/mol. The first-order chi connectivity index (χ1) is 19.9. The van der Waals surface area contributed by atoms with Crippen molar-refractivity contribution in [1.29, 1.82) is 0 Å². The van der Waals surface area contributed by atoms with E-state index in [0.29, 0.717) is 0 Å².